The normalized spacial score (nSPS) is 10.3. The molecule has 0 heterocycles. The lowest BCUT2D eigenvalue weighted by atomic mass is 9.98. The molecule has 0 unspecified atom stereocenters. The second kappa shape index (κ2) is 8.49. The summed E-state index contributed by atoms with van der Waals surface area (Å²) < 4.78 is 9.78. The van der Waals surface area contributed by atoms with E-state index in [2.05, 4.69) is 0 Å². The highest BCUT2D eigenvalue weighted by atomic mass is 35.5. The summed E-state index contributed by atoms with van der Waals surface area (Å²) in [6.07, 6.45) is -0.0275. The summed E-state index contributed by atoms with van der Waals surface area (Å²) in [7, 11) is 0. The zero-order valence-corrected chi connectivity index (χ0v) is 12.6. The molecular formula is C14H18ClNO5. The van der Waals surface area contributed by atoms with Gasteiger partial charge in [-0.15, -0.1) is 0 Å². The van der Waals surface area contributed by atoms with Gasteiger partial charge < -0.3 is 9.47 Å². The minimum Gasteiger partial charge on any atom is -0.465 e. The van der Waals surface area contributed by atoms with E-state index in [1.165, 1.54) is 0 Å². The highest BCUT2D eigenvalue weighted by Gasteiger charge is 2.31. The Morgan fingerprint density at radius 2 is 1.81 bits per heavy atom. The molecule has 0 saturated heterocycles. The number of carbonyl (C=O) groups is 2. The molecule has 0 radical (unpaired) electrons. The number of hydrogen-bond donors (Lipinski definition) is 2. The van der Waals surface area contributed by atoms with Crippen molar-refractivity contribution < 1.29 is 24.3 Å². The van der Waals surface area contributed by atoms with Gasteiger partial charge in [-0.3, -0.25) is 20.3 Å². The summed E-state index contributed by atoms with van der Waals surface area (Å²) in [6.45, 7) is 3.61. The molecule has 1 aromatic rings. The third-order valence-corrected chi connectivity index (χ3v) is 3.14. The van der Waals surface area contributed by atoms with Gasteiger partial charge in [0.05, 0.1) is 18.9 Å². The lowest BCUT2D eigenvalue weighted by Crippen LogP contribution is -2.30. The number of esters is 2. The van der Waals surface area contributed by atoms with Gasteiger partial charge in [-0.05, 0) is 38.0 Å². The van der Waals surface area contributed by atoms with Crippen molar-refractivity contribution in [1.82, 2.24) is 0 Å². The van der Waals surface area contributed by atoms with Crippen LogP contribution in [-0.2, 0) is 25.5 Å². The molecule has 1 rings (SSSR count). The standard InChI is InChI=1S/C14H18ClNO5/c1-3-20-13(17)10(14(18)21-4-2)8-9-11(15)6-5-7-12(9)16-19/h5-7,10,16,19H,3-4,8H2,1-2H3. The molecule has 0 aliphatic heterocycles. The number of carbonyl (C=O) groups excluding carboxylic acids is 2. The number of anilines is 1. The molecule has 0 saturated carbocycles. The number of benzene rings is 1. The topological polar surface area (TPSA) is 84.9 Å². The lowest BCUT2D eigenvalue weighted by Gasteiger charge is -2.17. The predicted molar refractivity (Wildman–Crippen MR) is 77.3 cm³/mol. The van der Waals surface area contributed by atoms with E-state index in [-0.39, 0.29) is 19.6 Å². The molecule has 0 atom stereocenters. The summed E-state index contributed by atoms with van der Waals surface area (Å²) in [5, 5.41) is 9.43. The molecule has 0 spiro atoms. The number of rotatable bonds is 7. The summed E-state index contributed by atoms with van der Waals surface area (Å²) in [5.74, 6) is -2.49. The highest BCUT2D eigenvalue weighted by molar-refractivity contribution is 6.31. The molecule has 7 heteroatoms. The van der Waals surface area contributed by atoms with E-state index in [4.69, 9.17) is 26.3 Å². The first-order valence-corrected chi connectivity index (χ1v) is 6.93. The van der Waals surface area contributed by atoms with E-state index < -0.39 is 17.9 Å². The Morgan fingerprint density at radius 3 is 2.29 bits per heavy atom. The molecule has 0 aliphatic rings. The fourth-order valence-corrected chi connectivity index (χ4v) is 2.08. The van der Waals surface area contributed by atoms with Gasteiger partial charge in [0.15, 0.2) is 5.92 Å². The van der Waals surface area contributed by atoms with Gasteiger partial charge in [0, 0.05) is 5.02 Å². The first-order chi connectivity index (χ1) is 10.0. The molecule has 0 aromatic heterocycles. The van der Waals surface area contributed by atoms with Crippen molar-refractivity contribution in [1.29, 1.82) is 0 Å². The summed E-state index contributed by atoms with van der Waals surface area (Å²) in [4.78, 5) is 23.9. The molecule has 116 valence electrons. The van der Waals surface area contributed by atoms with Crippen LogP contribution in [0.1, 0.15) is 19.4 Å². The molecule has 0 amide bonds. The van der Waals surface area contributed by atoms with Crippen LogP contribution in [-0.4, -0.2) is 30.4 Å². The van der Waals surface area contributed by atoms with E-state index in [1.54, 1.807) is 32.0 Å². The Morgan fingerprint density at radius 1 is 1.24 bits per heavy atom. The van der Waals surface area contributed by atoms with Gasteiger partial charge in [-0.1, -0.05) is 17.7 Å². The van der Waals surface area contributed by atoms with Crippen molar-refractivity contribution in [2.75, 3.05) is 18.7 Å². The average molecular weight is 316 g/mol. The second-order valence-corrected chi connectivity index (χ2v) is 4.55. The van der Waals surface area contributed by atoms with Gasteiger partial charge in [-0.2, -0.15) is 0 Å². The first kappa shape index (κ1) is 17.3. The van der Waals surface area contributed by atoms with E-state index in [1.807, 2.05) is 5.48 Å². The Bertz CT molecular complexity index is 488. The second-order valence-electron chi connectivity index (χ2n) is 4.14. The maximum Gasteiger partial charge on any atom is 0.320 e. The van der Waals surface area contributed by atoms with Crippen LogP contribution in [0.2, 0.25) is 5.02 Å². The maximum absolute atomic E-state index is 11.9. The van der Waals surface area contributed by atoms with E-state index in [0.29, 0.717) is 16.3 Å². The Hall–Kier alpha value is -1.79. The van der Waals surface area contributed by atoms with Gasteiger partial charge in [0.1, 0.15) is 0 Å². The summed E-state index contributed by atoms with van der Waals surface area (Å²) in [6, 6.07) is 4.81. The molecule has 0 fully saturated rings. The molecule has 21 heavy (non-hydrogen) atoms. The van der Waals surface area contributed by atoms with Crippen LogP contribution in [0, 0.1) is 5.92 Å². The predicted octanol–water partition coefficient (Wildman–Crippen LogP) is 2.43. The third-order valence-electron chi connectivity index (χ3n) is 2.79. The van der Waals surface area contributed by atoms with Gasteiger partial charge >= 0.3 is 11.9 Å². The van der Waals surface area contributed by atoms with Crippen molar-refractivity contribution in [3.8, 4) is 0 Å². The fraction of sp³-hybridized carbons (Fsp3) is 0.429. The van der Waals surface area contributed by atoms with Crippen LogP contribution >= 0.6 is 11.6 Å². The third kappa shape index (κ3) is 4.61. The molecule has 0 bridgehead atoms. The largest absolute Gasteiger partial charge is 0.465 e. The first-order valence-electron chi connectivity index (χ1n) is 6.55. The minimum atomic E-state index is -1.13. The molecule has 6 nitrogen and oxygen atoms in total. The smallest absolute Gasteiger partial charge is 0.320 e. The zero-order chi connectivity index (χ0) is 15.8. The SMILES string of the molecule is CCOC(=O)C(Cc1c(Cl)cccc1NO)C(=O)OCC. The monoisotopic (exact) mass is 315 g/mol. The fourth-order valence-electron chi connectivity index (χ4n) is 1.82. The molecular weight excluding hydrogens is 298 g/mol. The van der Waals surface area contributed by atoms with Crippen LogP contribution in [0.5, 0.6) is 0 Å². The van der Waals surface area contributed by atoms with E-state index in [0.717, 1.165) is 0 Å². The Balaban J connectivity index is 3.06. The van der Waals surface area contributed by atoms with Crippen molar-refractivity contribution in [3.63, 3.8) is 0 Å². The number of halogens is 1. The van der Waals surface area contributed by atoms with Gasteiger partial charge in [0.25, 0.3) is 0 Å². The van der Waals surface area contributed by atoms with Crippen LogP contribution in [0.25, 0.3) is 0 Å². The lowest BCUT2D eigenvalue weighted by molar-refractivity contribution is -0.161. The summed E-state index contributed by atoms with van der Waals surface area (Å²) in [5.41, 5.74) is 2.75. The highest BCUT2D eigenvalue weighted by Crippen LogP contribution is 2.27. The van der Waals surface area contributed by atoms with E-state index >= 15 is 0 Å². The van der Waals surface area contributed by atoms with Crippen LogP contribution < -0.4 is 5.48 Å². The van der Waals surface area contributed by atoms with Crippen molar-refractivity contribution in [2.45, 2.75) is 20.3 Å². The molecule has 1 aromatic carbocycles. The summed E-state index contributed by atoms with van der Waals surface area (Å²) >= 11 is 6.06. The zero-order valence-electron chi connectivity index (χ0n) is 11.9. The number of nitrogens with one attached hydrogen (secondary N) is 1. The van der Waals surface area contributed by atoms with Crippen LogP contribution in [0.15, 0.2) is 18.2 Å². The molecule has 0 aliphatic carbocycles. The maximum atomic E-state index is 11.9. The Labute approximate surface area is 128 Å². The van der Waals surface area contributed by atoms with Crippen LogP contribution in [0.4, 0.5) is 5.69 Å². The molecule has 2 N–H and O–H groups in total. The van der Waals surface area contributed by atoms with E-state index in [9.17, 15) is 9.59 Å². The van der Waals surface area contributed by atoms with Gasteiger partial charge in [0.2, 0.25) is 0 Å². The number of hydrogen-bond acceptors (Lipinski definition) is 6. The van der Waals surface area contributed by atoms with Crippen LogP contribution in [0.3, 0.4) is 0 Å². The average Bonchev–Trinajstić information content (AvgIpc) is 2.46. The number of ether oxygens (including phenoxy) is 2. The van der Waals surface area contributed by atoms with Crippen molar-refractivity contribution >= 4 is 29.2 Å². The van der Waals surface area contributed by atoms with Crippen molar-refractivity contribution in [3.05, 3.63) is 28.8 Å². The Kier molecular flexibility index (Phi) is 6.98. The van der Waals surface area contributed by atoms with Gasteiger partial charge in [-0.25, -0.2) is 0 Å². The van der Waals surface area contributed by atoms with Crippen molar-refractivity contribution in [2.24, 2.45) is 5.92 Å². The quantitative estimate of drug-likeness (QED) is 0.456. The minimum absolute atomic E-state index is 0.0275.